The number of rotatable bonds is 6. The van der Waals surface area contributed by atoms with Gasteiger partial charge < -0.3 is 10.1 Å². The fourth-order valence-corrected chi connectivity index (χ4v) is 2.47. The zero-order valence-corrected chi connectivity index (χ0v) is 12.0. The standard InChI is InChI=1S/C16H25NO/c1-12(2)10-17-11-16(7-8-16)14-6-5-13(3)15(9-14)18-4/h5-6,9,12,17H,7-8,10-11H2,1-4H3. The lowest BCUT2D eigenvalue weighted by Gasteiger charge is -2.19. The van der Waals surface area contributed by atoms with Gasteiger partial charge in [-0.3, -0.25) is 0 Å². The largest absolute Gasteiger partial charge is 0.496 e. The van der Waals surface area contributed by atoms with E-state index in [1.165, 1.54) is 24.0 Å². The number of ether oxygens (including phenoxy) is 1. The Bertz CT molecular complexity index is 408. The Morgan fingerprint density at radius 3 is 2.61 bits per heavy atom. The molecule has 0 bridgehead atoms. The zero-order valence-electron chi connectivity index (χ0n) is 12.0. The SMILES string of the molecule is COc1cc(C2(CNCC(C)C)CC2)ccc1C. The van der Waals surface area contributed by atoms with Gasteiger partial charge in [-0.15, -0.1) is 0 Å². The first-order valence-corrected chi connectivity index (χ1v) is 6.93. The average molecular weight is 247 g/mol. The quantitative estimate of drug-likeness (QED) is 0.833. The van der Waals surface area contributed by atoms with Gasteiger partial charge >= 0.3 is 0 Å². The average Bonchev–Trinajstić information content (AvgIpc) is 3.10. The monoisotopic (exact) mass is 247 g/mol. The van der Waals surface area contributed by atoms with Crippen molar-refractivity contribution in [2.75, 3.05) is 20.2 Å². The number of nitrogens with one attached hydrogen (secondary N) is 1. The van der Waals surface area contributed by atoms with E-state index in [9.17, 15) is 0 Å². The van der Waals surface area contributed by atoms with E-state index in [0.29, 0.717) is 11.3 Å². The third kappa shape index (κ3) is 2.86. The molecule has 0 unspecified atom stereocenters. The van der Waals surface area contributed by atoms with Crippen LogP contribution in [-0.2, 0) is 5.41 Å². The first-order chi connectivity index (χ1) is 8.57. The van der Waals surface area contributed by atoms with Crippen molar-refractivity contribution in [1.82, 2.24) is 5.32 Å². The summed E-state index contributed by atoms with van der Waals surface area (Å²) in [7, 11) is 1.75. The molecule has 2 heteroatoms. The molecule has 0 saturated heterocycles. The summed E-state index contributed by atoms with van der Waals surface area (Å²) in [4.78, 5) is 0. The van der Waals surface area contributed by atoms with Crippen molar-refractivity contribution in [2.24, 2.45) is 5.92 Å². The highest BCUT2D eigenvalue weighted by molar-refractivity contribution is 5.42. The van der Waals surface area contributed by atoms with E-state index in [0.717, 1.165) is 18.8 Å². The van der Waals surface area contributed by atoms with E-state index < -0.39 is 0 Å². The maximum absolute atomic E-state index is 5.43. The molecule has 1 fully saturated rings. The molecule has 0 radical (unpaired) electrons. The zero-order chi connectivity index (χ0) is 13.2. The molecule has 1 aromatic rings. The maximum Gasteiger partial charge on any atom is 0.122 e. The Hall–Kier alpha value is -1.02. The van der Waals surface area contributed by atoms with E-state index in [4.69, 9.17) is 4.74 Å². The lowest BCUT2D eigenvalue weighted by Crippen LogP contribution is -2.29. The van der Waals surface area contributed by atoms with Gasteiger partial charge in [0.25, 0.3) is 0 Å². The Kier molecular flexibility index (Phi) is 3.96. The van der Waals surface area contributed by atoms with Crippen LogP contribution in [0.25, 0.3) is 0 Å². The Labute approximate surface area is 111 Å². The van der Waals surface area contributed by atoms with Crippen LogP contribution < -0.4 is 10.1 Å². The second-order valence-corrected chi connectivity index (χ2v) is 5.99. The topological polar surface area (TPSA) is 21.3 Å². The lowest BCUT2D eigenvalue weighted by molar-refractivity contribution is 0.410. The van der Waals surface area contributed by atoms with E-state index in [2.05, 4.69) is 44.3 Å². The minimum absolute atomic E-state index is 0.371. The molecule has 1 aliphatic carbocycles. The molecule has 0 aliphatic heterocycles. The third-order valence-corrected chi connectivity index (χ3v) is 3.89. The molecule has 18 heavy (non-hydrogen) atoms. The molecule has 1 saturated carbocycles. The van der Waals surface area contributed by atoms with Crippen molar-refractivity contribution in [1.29, 1.82) is 0 Å². The van der Waals surface area contributed by atoms with Gasteiger partial charge in [-0.25, -0.2) is 0 Å². The molecule has 0 atom stereocenters. The number of methoxy groups -OCH3 is 1. The highest BCUT2D eigenvalue weighted by Crippen LogP contribution is 2.48. The summed E-state index contributed by atoms with van der Waals surface area (Å²) in [5.41, 5.74) is 3.02. The van der Waals surface area contributed by atoms with E-state index in [-0.39, 0.29) is 0 Å². The van der Waals surface area contributed by atoms with Crippen molar-refractivity contribution in [3.8, 4) is 5.75 Å². The molecule has 0 aromatic heterocycles. The van der Waals surface area contributed by atoms with Gasteiger partial charge in [0.1, 0.15) is 5.75 Å². The fraction of sp³-hybridized carbons (Fsp3) is 0.625. The lowest BCUT2D eigenvalue weighted by atomic mass is 9.94. The molecule has 100 valence electrons. The Morgan fingerprint density at radius 2 is 2.06 bits per heavy atom. The van der Waals surface area contributed by atoms with Crippen LogP contribution in [0.2, 0.25) is 0 Å². The van der Waals surface area contributed by atoms with E-state index in [1.54, 1.807) is 7.11 Å². The van der Waals surface area contributed by atoms with E-state index >= 15 is 0 Å². The molecule has 1 aromatic carbocycles. The van der Waals surface area contributed by atoms with Crippen LogP contribution in [0.4, 0.5) is 0 Å². The molecule has 1 N–H and O–H groups in total. The molecule has 2 nitrogen and oxygen atoms in total. The number of aryl methyl sites for hydroxylation is 1. The van der Waals surface area contributed by atoms with Gasteiger partial charge in [-0.2, -0.15) is 0 Å². The third-order valence-electron chi connectivity index (χ3n) is 3.89. The Morgan fingerprint density at radius 1 is 1.33 bits per heavy atom. The van der Waals surface area contributed by atoms with Gasteiger partial charge in [0.15, 0.2) is 0 Å². The predicted octanol–water partition coefficient (Wildman–Crippen LogP) is 3.28. The van der Waals surface area contributed by atoms with Gasteiger partial charge in [-0.1, -0.05) is 26.0 Å². The van der Waals surface area contributed by atoms with Crippen LogP contribution in [0.3, 0.4) is 0 Å². The highest BCUT2D eigenvalue weighted by Gasteiger charge is 2.43. The number of hydrogen-bond donors (Lipinski definition) is 1. The van der Waals surface area contributed by atoms with Gasteiger partial charge in [0.05, 0.1) is 7.11 Å². The van der Waals surface area contributed by atoms with Gasteiger partial charge in [-0.05, 0) is 49.4 Å². The van der Waals surface area contributed by atoms with Crippen LogP contribution >= 0.6 is 0 Å². The molecule has 1 aliphatic rings. The summed E-state index contributed by atoms with van der Waals surface area (Å²) in [6.45, 7) is 8.80. The summed E-state index contributed by atoms with van der Waals surface area (Å²) in [6, 6.07) is 6.66. The summed E-state index contributed by atoms with van der Waals surface area (Å²) < 4.78 is 5.43. The van der Waals surface area contributed by atoms with Crippen LogP contribution in [0.5, 0.6) is 5.75 Å². The molecule has 2 rings (SSSR count). The number of hydrogen-bond acceptors (Lipinski definition) is 2. The summed E-state index contributed by atoms with van der Waals surface area (Å²) >= 11 is 0. The van der Waals surface area contributed by atoms with Crippen molar-refractivity contribution < 1.29 is 4.74 Å². The maximum atomic E-state index is 5.43. The van der Waals surface area contributed by atoms with Crippen molar-refractivity contribution in [3.05, 3.63) is 29.3 Å². The molecule has 0 amide bonds. The smallest absolute Gasteiger partial charge is 0.122 e. The first-order valence-electron chi connectivity index (χ1n) is 6.93. The van der Waals surface area contributed by atoms with Crippen LogP contribution in [-0.4, -0.2) is 20.2 Å². The molecular formula is C16H25NO. The number of benzene rings is 1. The van der Waals surface area contributed by atoms with Crippen LogP contribution in [0.1, 0.15) is 37.8 Å². The van der Waals surface area contributed by atoms with Crippen molar-refractivity contribution in [2.45, 2.75) is 39.0 Å². The predicted molar refractivity (Wildman–Crippen MR) is 76.4 cm³/mol. The normalized spacial score (nSPS) is 16.9. The summed E-state index contributed by atoms with van der Waals surface area (Å²) in [6.07, 6.45) is 2.59. The van der Waals surface area contributed by atoms with Crippen LogP contribution in [0, 0.1) is 12.8 Å². The molecular weight excluding hydrogens is 222 g/mol. The molecule has 0 heterocycles. The second-order valence-electron chi connectivity index (χ2n) is 5.99. The van der Waals surface area contributed by atoms with E-state index in [1.807, 2.05) is 0 Å². The second kappa shape index (κ2) is 5.31. The van der Waals surface area contributed by atoms with Gasteiger partial charge in [0.2, 0.25) is 0 Å². The van der Waals surface area contributed by atoms with Crippen molar-refractivity contribution >= 4 is 0 Å². The minimum atomic E-state index is 0.371. The highest BCUT2D eigenvalue weighted by atomic mass is 16.5. The van der Waals surface area contributed by atoms with Crippen molar-refractivity contribution in [3.63, 3.8) is 0 Å². The minimum Gasteiger partial charge on any atom is -0.496 e. The first kappa shape index (κ1) is 13.4. The summed E-state index contributed by atoms with van der Waals surface area (Å²) in [5, 5.41) is 3.60. The fourth-order valence-electron chi connectivity index (χ4n) is 2.47. The molecule has 0 spiro atoms. The Balaban J connectivity index is 2.06. The van der Waals surface area contributed by atoms with Gasteiger partial charge in [0, 0.05) is 12.0 Å². The van der Waals surface area contributed by atoms with Crippen LogP contribution in [0.15, 0.2) is 18.2 Å². The summed E-state index contributed by atoms with van der Waals surface area (Å²) in [5.74, 6) is 1.73.